The van der Waals surface area contributed by atoms with Crippen LogP contribution in [0.3, 0.4) is 0 Å². The van der Waals surface area contributed by atoms with Crippen LogP contribution in [0.2, 0.25) is 0 Å². The number of rotatable bonds is 5. The first-order valence-corrected chi connectivity index (χ1v) is 10.1. The van der Waals surface area contributed by atoms with Crippen LogP contribution in [0.15, 0.2) is 6.33 Å². The fraction of sp³-hybridized carbons (Fsp3) is 0.867. The van der Waals surface area contributed by atoms with Crippen LogP contribution >= 0.6 is 0 Å². The van der Waals surface area contributed by atoms with Gasteiger partial charge < -0.3 is 4.57 Å². The maximum atomic E-state index is 12.4. The molecular formula is C15H27N5O2S. The molecule has 2 heterocycles. The number of aromatic nitrogens is 3. The molecule has 0 radical (unpaired) electrons. The van der Waals surface area contributed by atoms with Gasteiger partial charge in [0.2, 0.25) is 0 Å². The third kappa shape index (κ3) is 4.10. The fourth-order valence-corrected chi connectivity index (χ4v) is 4.72. The molecule has 1 aliphatic carbocycles. The highest BCUT2D eigenvalue weighted by Crippen LogP contribution is 2.28. The molecule has 1 aromatic rings. The Hall–Kier alpha value is -0.990. The summed E-state index contributed by atoms with van der Waals surface area (Å²) in [5.74, 6) is 1.32. The van der Waals surface area contributed by atoms with Gasteiger partial charge in [0.1, 0.15) is 12.2 Å². The summed E-state index contributed by atoms with van der Waals surface area (Å²) in [4.78, 5) is 0. The smallest absolute Gasteiger partial charge is 0.279 e. The summed E-state index contributed by atoms with van der Waals surface area (Å²) >= 11 is 0. The molecule has 0 amide bonds. The van der Waals surface area contributed by atoms with Gasteiger partial charge >= 0.3 is 0 Å². The largest absolute Gasteiger partial charge is 0.313 e. The highest BCUT2D eigenvalue weighted by Gasteiger charge is 2.27. The van der Waals surface area contributed by atoms with Gasteiger partial charge in [-0.25, -0.2) is 0 Å². The Morgan fingerprint density at radius 3 is 2.57 bits per heavy atom. The summed E-state index contributed by atoms with van der Waals surface area (Å²) in [5.41, 5.74) is 0. The molecule has 2 fully saturated rings. The van der Waals surface area contributed by atoms with Gasteiger partial charge in [-0.05, 0) is 31.6 Å². The number of hydrogen-bond acceptors (Lipinski definition) is 4. The van der Waals surface area contributed by atoms with Crippen molar-refractivity contribution in [3.63, 3.8) is 0 Å². The van der Waals surface area contributed by atoms with E-state index in [-0.39, 0.29) is 6.54 Å². The van der Waals surface area contributed by atoms with Crippen LogP contribution < -0.4 is 4.72 Å². The van der Waals surface area contributed by atoms with E-state index in [9.17, 15) is 8.42 Å². The van der Waals surface area contributed by atoms with Crippen molar-refractivity contribution in [2.75, 3.05) is 13.1 Å². The van der Waals surface area contributed by atoms with E-state index in [1.165, 1.54) is 19.3 Å². The Balaban J connectivity index is 1.61. The fourth-order valence-electron chi connectivity index (χ4n) is 3.53. The molecule has 3 rings (SSSR count). The van der Waals surface area contributed by atoms with Crippen molar-refractivity contribution in [1.82, 2.24) is 23.8 Å². The van der Waals surface area contributed by atoms with Gasteiger partial charge in [-0.1, -0.05) is 26.2 Å². The standard InChI is InChI=1S/C15H27N5O2S/c1-13-7-9-19(10-8-13)23(21,22)17-11-15-18-16-12-20(15)14-5-3-2-4-6-14/h12-14,17H,2-11H2,1H3. The molecule has 1 aliphatic heterocycles. The molecule has 23 heavy (non-hydrogen) atoms. The van der Waals surface area contributed by atoms with Crippen LogP contribution in [0, 0.1) is 5.92 Å². The topological polar surface area (TPSA) is 80.1 Å². The molecule has 8 heteroatoms. The zero-order valence-electron chi connectivity index (χ0n) is 13.8. The molecule has 0 atom stereocenters. The van der Waals surface area contributed by atoms with Crippen LogP contribution in [0.4, 0.5) is 0 Å². The second-order valence-corrected chi connectivity index (χ2v) is 8.61. The predicted molar refractivity (Wildman–Crippen MR) is 87.9 cm³/mol. The third-order valence-electron chi connectivity index (χ3n) is 5.11. The van der Waals surface area contributed by atoms with E-state index in [2.05, 4.69) is 26.4 Å². The molecular weight excluding hydrogens is 314 g/mol. The minimum Gasteiger partial charge on any atom is -0.313 e. The van der Waals surface area contributed by atoms with Crippen molar-refractivity contribution >= 4 is 10.2 Å². The van der Waals surface area contributed by atoms with E-state index < -0.39 is 10.2 Å². The lowest BCUT2D eigenvalue weighted by atomic mass is 9.95. The Labute approximate surface area is 138 Å². The SMILES string of the molecule is CC1CCN(S(=O)(=O)NCc2nncn2C2CCCCC2)CC1. The van der Waals surface area contributed by atoms with E-state index in [4.69, 9.17) is 0 Å². The van der Waals surface area contributed by atoms with Crippen molar-refractivity contribution in [3.05, 3.63) is 12.2 Å². The van der Waals surface area contributed by atoms with E-state index in [1.54, 1.807) is 10.6 Å². The van der Waals surface area contributed by atoms with Crippen LogP contribution in [-0.2, 0) is 16.8 Å². The van der Waals surface area contributed by atoms with E-state index >= 15 is 0 Å². The van der Waals surface area contributed by atoms with Crippen molar-refractivity contribution in [1.29, 1.82) is 0 Å². The molecule has 130 valence electrons. The molecule has 1 N–H and O–H groups in total. The highest BCUT2D eigenvalue weighted by molar-refractivity contribution is 7.87. The molecule has 2 aliphatic rings. The third-order valence-corrected chi connectivity index (χ3v) is 6.66. The molecule has 7 nitrogen and oxygen atoms in total. The first-order valence-electron chi connectivity index (χ1n) is 8.69. The number of piperidine rings is 1. The Morgan fingerprint density at radius 2 is 1.87 bits per heavy atom. The van der Waals surface area contributed by atoms with Gasteiger partial charge in [0.15, 0.2) is 0 Å². The lowest BCUT2D eigenvalue weighted by Gasteiger charge is -2.29. The molecule has 1 saturated heterocycles. The van der Waals surface area contributed by atoms with Crippen molar-refractivity contribution in [2.24, 2.45) is 5.92 Å². The normalized spacial score (nSPS) is 22.5. The van der Waals surface area contributed by atoms with Crippen molar-refractivity contribution in [2.45, 2.75) is 64.5 Å². The van der Waals surface area contributed by atoms with E-state index in [1.807, 2.05) is 0 Å². The van der Waals surface area contributed by atoms with Gasteiger partial charge in [0, 0.05) is 19.1 Å². The molecule has 1 saturated carbocycles. The zero-order chi connectivity index (χ0) is 16.3. The number of nitrogens with zero attached hydrogens (tertiary/aromatic N) is 4. The van der Waals surface area contributed by atoms with Crippen LogP contribution in [0.5, 0.6) is 0 Å². The van der Waals surface area contributed by atoms with Crippen LogP contribution in [0.1, 0.15) is 63.7 Å². The maximum absolute atomic E-state index is 12.4. The van der Waals surface area contributed by atoms with Crippen LogP contribution in [-0.4, -0.2) is 40.6 Å². The molecule has 0 bridgehead atoms. The number of hydrogen-bond donors (Lipinski definition) is 1. The average Bonchev–Trinajstić information content (AvgIpc) is 3.03. The zero-order valence-corrected chi connectivity index (χ0v) is 14.6. The van der Waals surface area contributed by atoms with Gasteiger partial charge in [-0.3, -0.25) is 0 Å². The monoisotopic (exact) mass is 341 g/mol. The quantitative estimate of drug-likeness (QED) is 0.886. The summed E-state index contributed by atoms with van der Waals surface area (Å²) in [6, 6.07) is 0.411. The second-order valence-electron chi connectivity index (χ2n) is 6.85. The summed E-state index contributed by atoms with van der Waals surface area (Å²) in [6.07, 6.45) is 9.58. The van der Waals surface area contributed by atoms with Gasteiger partial charge in [-0.15, -0.1) is 10.2 Å². The maximum Gasteiger partial charge on any atom is 0.279 e. The van der Waals surface area contributed by atoms with Gasteiger partial charge in [0.05, 0.1) is 6.54 Å². The van der Waals surface area contributed by atoms with Crippen LogP contribution in [0.25, 0.3) is 0 Å². The molecule has 0 spiro atoms. The second kappa shape index (κ2) is 7.27. The first kappa shape index (κ1) is 16.9. The van der Waals surface area contributed by atoms with E-state index in [0.29, 0.717) is 30.9 Å². The molecule has 1 aromatic heterocycles. The molecule has 0 unspecified atom stereocenters. The summed E-state index contributed by atoms with van der Waals surface area (Å²) < 4.78 is 31.2. The van der Waals surface area contributed by atoms with Crippen molar-refractivity contribution in [3.8, 4) is 0 Å². The molecule has 0 aromatic carbocycles. The van der Waals surface area contributed by atoms with Crippen molar-refractivity contribution < 1.29 is 8.42 Å². The van der Waals surface area contributed by atoms with Gasteiger partial charge in [0.25, 0.3) is 10.2 Å². The summed E-state index contributed by atoms with van der Waals surface area (Å²) in [5, 5.41) is 8.10. The van der Waals surface area contributed by atoms with E-state index in [0.717, 1.165) is 25.7 Å². The summed E-state index contributed by atoms with van der Waals surface area (Å²) in [7, 11) is -3.43. The first-order chi connectivity index (χ1) is 11.1. The predicted octanol–water partition coefficient (Wildman–Crippen LogP) is 1.85. The Morgan fingerprint density at radius 1 is 1.17 bits per heavy atom. The minimum atomic E-state index is -3.43. The summed E-state index contributed by atoms with van der Waals surface area (Å²) in [6.45, 7) is 3.59. The highest BCUT2D eigenvalue weighted by atomic mass is 32.2. The Bertz CT molecular complexity index is 601. The van der Waals surface area contributed by atoms with Gasteiger partial charge in [-0.2, -0.15) is 17.4 Å². The minimum absolute atomic E-state index is 0.213. The average molecular weight is 341 g/mol. The Kier molecular flexibility index (Phi) is 5.33. The lowest BCUT2D eigenvalue weighted by Crippen LogP contribution is -2.44. The lowest BCUT2D eigenvalue weighted by molar-refractivity contribution is 0.284. The number of nitrogens with one attached hydrogen (secondary N) is 1.